The summed E-state index contributed by atoms with van der Waals surface area (Å²) in [5.74, 6) is 0.373. The van der Waals surface area contributed by atoms with Crippen LogP contribution >= 0.6 is 0 Å². The van der Waals surface area contributed by atoms with Gasteiger partial charge in [-0.3, -0.25) is 0 Å². The Morgan fingerprint density at radius 1 is 1.29 bits per heavy atom. The van der Waals surface area contributed by atoms with Crippen LogP contribution in [0.15, 0.2) is 0 Å². The van der Waals surface area contributed by atoms with Gasteiger partial charge in [-0.1, -0.05) is 32.6 Å². The van der Waals surface area contributed by atoms with Crippen molar-refractivity contribution in [2.75, 3.05) is 13.1 Å². The van der Waals surface area contributed by atoms with Crippen molar-refractivity contribution in [2.45, 2.75) is 57.1 Å². The lowest BCUT2D eigenvalue weighted by molar-refractivity contribution is 0.449. The molecule has 1 rings (SSSR count). The summed E-state index contributed by atoms with van der Waals surface area (Å²) in [7, 11) is -3.10. The van der Waals surface area contributed by atoms with Crippen molar-refractivity contribution >= 4 is 10.0 Å². The summed E-state index contributed by atoms with van der Waals surface area (Å²) in [6.07, 6.45) is 6.79. The van der Waals surface area contributed by atoms with E-state index in [1.54, 1.807) is 0 Å². The van der Waals surface area contributed by atoms with Crippen molar-refractivity contribution in [1.82, 2.24) is 4.72 Å². The maximum absolute atomic E-state index is 12.1. The van der Waals surface area contributed by atoms with E-state index in [-0.39, 0.29) is 5.25 Å². The fourth-order valence-corrected chi connectivity index (χ4v) is 4.07. The Morgan fingerprint density at radius 2 is 1.94 bits per heavy atom. The summed E-state index contributed by atoms with van der Waals surface area (Å²) in [4.78, 5) is 0. The van der Waals surface area contributed by atoms with Crippen LogP contribution in [0.4, 0.5) is 0 Å². The van der Waals surface area contributed by atoms with Crippen molar-refractivity contribution in [2.24, 2.45) is 11.7 Å². The molecule has 102 valence electrons. The molecule has 0 aliphatic heterocycles. The van der Waals surface area contributed by atoms with Gasteiger partial charge < -0.3 is 5.73 Å². The van der Waals surface area contributed by atoms with Crippen molar-refractivity contribution in [3.63, 3.8) is 0 Å². The van der Waals surface area contributed by atoms with E-state index in [1.165, 1.54) is 6.42 Å². The van der Waals surface area contributed by atoms with Crippen LogP contribution in [0.1, 0.15) is 51.9 Å². The quantitative estimate of drug-likeness (QED) is 0.732. The Bertz CT molecular complexity index is 298. The van der Waals surface area contributed by atoms with Gasteiger partial charge in [0.25, 0.3) is 0 Å². The van der Waals surface area contributed by atoms with Crippen LogP contribution in [0.5, 0.6) is 0 Å². The van der Waals surface area contributed by atoms with Crippen molar-refractivity contribution in [3.05, 3.63) is 0 Å². The number of hydrogen-bond donors (Lipinski definition) is 2. The first kappa shape index (κ1) is 14.9. The topological polar surface area (TPSA) is 72.2 Å². The normalized spacial score (nSPS) is 20.4. The van der Waals surface area contributed by atoms with Gasteiger partial charge in [-0.25, -0.2) is 13.1 Å². The van der Waals surface area contributed by atoms with Crippen LogP contribution in [0.25, 0.3) is 0 Å². The lowest BCUT2D eigenvalue weighted by atomic mass is 10.0. The Balaban J connectivity index is 2.42. The molecule has 1 fully saturated rings. The van der Waals surface area contributed by atoms with Crippen molar-refractivity contribution < 1.29 is 8.42 Å². The summed E-state index contributed by atoms with van der Waals surface area (Å²) in [5, 5.41) is -0.161. The molecule has 1 atom stereocenters. The second-order valence-corrected chi connectivity index (χ2v) is 7.05. The third-order valence-electron chi connectivity index (χ3n) is 3.72. The van der Waals surface area contributed by atoms with Crippen LogP contribution < -0.4 is 10.5 Å². The Labute approximate surface area is 105 Å². The van der Waals surface area contributed by atoms with E-state index in [1.807, 2.05) is 0 Å². The molecule has 0 saturated heterocycles. The maximum atomic E-state index is 12.1. The minimum atomic E-state index is -3.10. The molecule has 17 heavy (non-hydrogen) atoms. The predicted molar refractivity (Wildman–Crippen MR) is 71.2 cm³/mol. The molecule has 0 aromatic rings. The van der Waals surface area contributed by atoms with Gasteiger partial charge in [-0.15, -0.1) is 0 Å². The molecule has 5 heteroatoms. The second kappa shape index (κ2) is 7.34. The summed E-state index contributed by atoms with van der Waals surface area (Å²) >= 11 is 0. The van der Waals surface area contributed by atoms with E-state index in [0.717, 1.165) is 38.5 Å². The van der Waals surface area contributed by atoms with Crippen molar-refractivity contribution in [1.29, 1.82) is 0 Å². The highest BCUT2D eigenvalue weighted by atomic mass is 32.2. The summed E-state index contributed by atoms with van der Waals surface area (Å²) in [6, 6.07) is 0. The first-order valence-corrected chi connectivity index (χ1v) is 8.33. The average molecular weight is 262 g/mol. The third kappa shape index (κ3) is 4.94. The van der Waals surface area contributed by atoms with Gasteiger partial charge in [0.05, 0.1) is 5.25 Å². The molecular formula is C12H26N2O2S. The number of hydrogen-bond acceptors (Lipinski definition) is 3. The Morgan fingerprint density at radius 3 is 2.47 bits per heavy atom. The highest BCUT2D eigenvalue weighted by Gasteiger charge is 2.27. The Hall–Kier alpha value is -0.130. The van der Waals surface area contributed by atoms with Crippen LogP contribution in [0.3, 0.4) is 0 Å². The summed E-state index contributed by atoms with van der Waals surface area (Å²) in [6.45, 7) is 3.26. The zero-order chi connectivity index (χ0) is 12.7. The largest absolute Gasteiger partial charge is 0.330 e. The van der Waals surface area contributed by atoms with Gasteiger partial charge in [-0.05, 0) is 31.7 Å². The maximum Gasteiger partial charge on any atom is 0.214 e. The predicted octanol–water partition coefficient (Wildman–Crippen LogP) is 1.61. The van der Waals surface area contributed by atoms with Crippen LogP contribution in [0.2, 0.25) is 0 Å². The molecule has 0 aromatic carbocycles. The van der Waals surface area contributed by atoms with Gasteiger partial charge >= 0.3 is 0 Å². The molecule has 0 bridgehead atoms. The molecule has 1 aliphatic carbocycles. The molecule has 1 unspecified atom stereocenters. The van der Waals surface area contributed by atoms with Crippen LogP contribution in [-0.4, -0.2) is 26.8 Å². The number of nitrogens with one attached hydrogen (secondary N) is 1. The van der Waals surface area contributed by atoms with E-state index in [9.17, 15) is 8.42 Å². The molecular weight excluding hydrogens is 236 g/mol. The molecule has 0 amide bonds. The molecule has 0 aromatic heterocycles. The van der Waals surface area contributed by atoms with Gasteiger partial charge in [-0.2, -0.15) is 0 Å². The van der Waals surface area contributed by atoms with Gasteiger partial charge in [0, 0.05) is 6.54 Å². The standard InChI is InChI=1S/C12H26N2O2S/c1-2-11(8-9-13)10-14-17(15,16)12-6-4-3-5-7-12/h11-12,14H,2-10,13H2,1H3. The van der Waals surface area contributed by atoms with Gasteiger partial charge in [0.15, 0.2) is 0 Å². The van der Waals surface area contributed by atoms with Crippen LogP contribution in [-0.2, 0) is 10.0 Å². The highest BCUT2D eigenvalue weighted by molar-refractivity contribution is 7.90. The summed E-state index contributed by atoms with van der Waals surface area (Å²) < 4.78 is 26.9. The smallest absolute Gasteiger partial charge is 0.214 e. The lowest BCUT2D eigenvalue weighted by Crippen LogP contribution is -2.38. The van der Waals surface area contributed by atoms with E-state index in [0.29, 0.717) is 19.0 Å². The minimum absolute atomic E-state index is 0.161. The molecule has 0 radical (unpaired) electrons. The SMILES string of the molecule is CCC(CCN)CNS(=O)(=O)C1CCCCC1. The summed E-state index contributed by atoms with van der Waals surface area (Å²) in [5.41, 5.74) is 5.51. The second-order valence-electron chi connectivity index (χ2n) is 5.01. The molecule has 3 N–H and O–H groups in total. The van der Waals surface area contributed by atoms with E-state index >= 15 is 0 Å². The minimum Gasteiger partial charge on any atom is -0.330 e. The molecule has 0 spiro atoms. The zero-order valence-corrected chi connectivity index (χ0v) is 11.6. The third-order valence-corrected chi connectivity index (χ3v) is 5.63. The number of rotatable bonds is 7. The van der Waals surface area contributed by atoms with E-state index in [2.05, 4.69) is 11.6 Å². The highest BCUT2D eigenvalue weighted by Crippen LogP contribution is 2.23. The zero-order valence-electron chi connectivity index (χ0n) is 10.8. The van der Waals surface area contributed by atoms with E-state index < -0.39 is 10.0 Å². The first-order valence-electron chi connectivity index (χ1n) is 6.78. The fourth-order valence-electron chi connectivity index (χ4n) is 2.41. The first-order chi connectivity index (χ1) is 8.10. The van der Waals surface area contributed by atoms with Crippen LogP contribution in [0, 0.1) is 5.92 Å². The monoisotopic (exact) mass is 262 g/mol. The number of nitrogens with two attached hydrogens (primary N) is 1. The Kier molecular flexibility index (Phi) is 6.44. The van der Waals surface area contributed by atoms with Gasteiger partial charge in [0.1, 0.15) is 0 Å². The molecule has 1 aliphatic rings. The fraction of sp³-hybridized carbons (Fsp3) is 1.00. The lowest BCUT2D eigenvalue weighted by Gasteiger charge is -2.23. The van der Waals surface area contributed by atoms with Gasteiger partial charge in [0.2, 0.25) is 10.0 Å². The van der Waals surface area contributed by atoms with E-state index in [4.69, 9.17) is 5.73 Å². The molecule has 1 saturated carbocycles. The number of sulfonamides is 1. The molecule has 4 nitrogen and oxygen atoms in total. The molecule has 0 heterocycles. The average Bonchev–Trinajstić information content (AvgIpc) is 2.35. The van der Waals surface area contributed by atoms with Crippen molar-refractivity contribution in [3.8, 4) is 0 Å².